The van der Waals surface area contributed by atoms with Crippen molar-refractivity contribution in [2.24, 2.45) is 0 Å². The Hall–Kier alpha value is -3.28. The normalized spacial score (nSPS) is 11.2. The van der Waals surface area contributed by atoms with E-state index in [1.807, 2.05) is 12.1 Å². The molecule has 0 atom stereocenters. The van der Waals surface area contributed by atoms with E-state index in [1.165, 1.54) is 37.3 Å². The average Bonchev–Trinajstić information content (AvgIpc) is 2.72. The summed E-state index contributed by atoms with van der Waals surface area (Å²) in [6, 6.07) is 13.1. The molecule has 2 aromatic carbocycles. The number of nitrogens with zero attached hydrogens (tertiary/aromatic N) is 1. The summed E-state index contributed by atoms with van der Waals surface area (Å²) in [6.07, 6.45) is 2.59. The number of ether oxygens (including phenoxy) is 1. The molecule has 6 heteroatoms. The maximum absolute atomic E-state index is 13.8. The van der Waals surface area contributed by atoms with Crippen LogP contribution >= 0.6 is 0 Å². The van der Waals surface area contributed by atoms with E-state index in [-0.39, 0.29) is 17.9 Å². The number of amides is 1. The van der Waals surface area contributed by atoms with Crippen LogP contribution < -0.4 is 10.1 Å². The molecule has 3 aromatic rings. The first-order valence-electron chi connectivity index (χ1n) is 8.87. The van der Waals surface area contributed by atoms with Gasteiger partial charge in [0, 0.05) is 30.1 Å². The number of hydrogen-bond acceptors (Lipinski definition) is 3. The lowest BCUT2D eigenvalue weighted by Crippen LogP contribution is -2.19. The molecule has 1 aromatic heterocycles. The van der Waals surface area contributed by atoms with Crippen LogP contribution in [-0.4, -0.2) is 10.9 Å². The summed E-state index contributed by atoms with van der Waals surface area (Å²) in [5.41, 5.74) is 1.41. The van der Waals surface area contributed by atoms with Gasteiger partial charge in [0.1, 0.15) is 11.3 Å². The predicted octanol–water partition coefficient (Wildman–Crippen LogP) is 5.33. The molecule has 0 aliphatic heterocycles. The van der Waals surface area contributed by atoms with E-state index in [1.54, 1.807) is 18.3 Å². The molecule has 0 spiro atoms. The van der Waals surface area contributed by atoms with E-state index in [4.69, 9.17) is 4.74 Å². The number of alkyl halides is 2. The Labute approximate surface area is 161 Å². The average molecular weight is 382 g/mol. The zero-order valence-electron chi connectivity index (χ0n) is 15.4. The monoisotopic (exact) mass is 382 g/mol. The van der Waals surface area contributed by atoms with Crippen LogP contribution in [0.5, 0.6) is 11.5 Å². The van der Waals surface area contributed by atoms with Crippen molar-refractivity contribution in [2.75, 3.05) is 0 Å². The van der Waals surface area contributed by atoms with Gasteiger partial charge in [-0.3, -0.25) is 9.78 Å². The van der Waals surface area contributed by atoms with E-state index in [0.717, 1.165) is 10.9 Å². The van der Waals surface area contributed by atoms with Crippen LogP contribution in [0.25, 0.3) is 10.9 Å². The number of carbonyl (C=O) groups is 1. The number of halogens is 2. The number of fused-ring (bicyclic) bond motifs is 1. The zero-order valence-corrected chi connectivity index (χ0v) is 15.4. The van der Waals surface area contributed by atoms with Gasteiger partial charge in [-0.05, 0) is 54.1 Å². The Morgan fingerprint density at radius 1 is 1.25 bits per heavy atom. The SMILES string of the molecule is C=CC(=O)NCc1cc(Oc2ccc(C(F)(F)CC)cc2)c2ncccc2c1. The lowest BCUT2D eigenvalue weighted by Gasteiger charge is -2.15. The molecule has 1 N–H and O–H groups in total. The highest BCUT2D eigenvalue weighted by Gasteiger charge is 2.28. The first kappa shape index (κ1) is 19.5. The fraction of sp³-hybridized carbons (Fsp3) is 0.182. The Kier molecular flexibility index (Phi) is 5.68. The minimum absolute atomic E-state index is 0.0498. The number of benzene rings is 2. The van der Waals surface area contributed by atoms with E-state index in [2.05, 4.69) is 16.9 Å². The van der Waals surface area contributed by atoms with Crippen LogP contribution in [0.1, 0.15) is 24.5 Å². The number of carbonyl (C=O) groups excluding carboxylic acids is 1. The summed E-state index contributed by atoms with van der Waals surface area (Å²) < 4.78 is 33.5. The van der Waals surface area contributed by atoms with Crippen molar-refractivity contribution in [1.29, 1.82) is 0 Å². The van der Waals surface area contributed by atoms with Gasteiger partial charge >= 0.3 is 0 Å². The van der Waals surface area contributed by atoms with Crippen LogP contribution in [-0.2, 0) is 17.3 Å². The first-order chi connectivity index (χ1) is 13.4. The molecular weight excluding hydrogens is 362 g/mol. The fourth-order valence-electron chi connectivity index (χ4n) is 2.76. The van der Waals surface area contributed by atoms with Gasteiger partial charge in [0.15, 0.2) is 5.75 Å². The molecular formula is C22H20F2N2O2. The molecule has 1 heterocycles. The van der Waals surface area contributed by atoms with Crippen molar-refractivity contribution < 1.29 is 18.3 Å². The van der Waals surface area contributed by atoms with Crippen LogP contribution in [0, 0.1) is 0 Å². The topological polar surface area (TPSA) is 51.2 Å². The second kappa shape index (κ2) is 8.17. The lowest BCUT2D eigenvalue weighted by molar-refractivity contribution is -0.116. The first-order valence-corrected chi connectivity index (χ1v) is 8.87. The van der Waals surface area contributed by atoms with Gasteiger partial charge in [0.2, 0.25) is 5.91 Å². The molecule has 0 unspecified atom stereocenters. The third-order valence-corrected chi connectivity index (χ3v) is 4.33. The quantitative estimate of drug-likeness (QED) is 0.562. The van der Waals surface area contributed by atoms with Crippen molar-refractivity contribution in [3.05, 3.63) is 78.5 Å². The third-order valence-electron chi connectivity index (χ3n) is 4.33. The van der Waals surface area contributed by atoms with Gasteiger partial charge in [-0.25, -0.2) is 8.78 Å². The molecule has 0 radical (unpaired) electrons. The highest BCUT2D eigenvalue weighted by Crippen LogP contribution is 2.34. The van der Waals surface area contributed by atoms with Crippen molar-refractivity contribution in [2.45, 2.75) is 25.8 Å². The predicted molar refractivity (Wildman–Crippen MR) is 104 cm³/mol. The Balaban J connectivity index is 1.91. The molecule has 3 rings (SSSR count). The van der Waals surface area contributed by atoms with Crippen LogP contribution in [0.2, 0.25) is 0 Å². The lowest BCUT2D eigenvalue weighted by atomic mass is 10.1. The van der Waals surface area contributed by atoms with Crippen LogP contribution in [0.4, 0.5) is 8.78 Å². The van der Waals surface area contributed by atoms with Crippen molar-refractivity contribution in [1.82, 2.24) is 10.3 Å². The maximum Gasteiger partial charge on any atom is 0.273 e. The van der Waals surface area contributed by atoms with Crippen LogP contribution in [0.3, 0.4) is 0 Å². The second-order valence-electron chi connectivity index (χ2n) is 6.28. The van der Waals surface area contributed by atoms with Crippen LogP contribution in [0.15, 0.2) is 67.4 Å². The number of nitrogens with one attached hydrogen (secondary N) is 1. The van der Waals surface area contributed by atoms with Gasteiger partial charge in [-0.15, -0.1) is 0 Å². The van der Waals surface area contributed by atoms with Gasteiger partial charge in [-0.1, -0.05) is 19.6 Å². The van der Waals surface area contributed by atoms with Gasteiger partial charge in [0.05, 0.1) is 0 Å². The molecule has 0 bridgehead atoms. The highest BCUT2D eigenvalue weighted by molar-refractivity contribution is 5.87. The number of hydrogen-bond donors (Lipinski definition) is 1. The summed E-state index contributed by atoms with van der Waals surface area (Å²) >= 11 is 0. The molecule has 28 heavy (non-hydrogen) atoms. The molecule has 0 fully saturated rings. The largest absolute Gasteiger partial charge is 0.455 e. The molecule has 0 saturated heterocycles. The Morgan fingerprint density at radius 3 is 2.68 bits per heavy atom. The Morgan fingerprint density at radius 2 is 2.00 bits per heavy atom. The van der Waals surface area contributed by atoms with Gasteiger partial charge in [0.25, 0.3) is 5.92 Å². The third kappa shape index (κ3) is 4.34. The number of aromatic nitrogens is 1. The fourth-order valence-corrected chi connectivity index (χ4v) is 2.76. The summed E-state index contributed by atoms with van der Waals surface area (Å²) in [4.78, 5) is 15.8. The van der Waals surface area contributed by atoms with E-state index >= 15 is 0 Å². The summed E-state index contributed by atoms with van der Waals surface area (Å²) in [6.45, 7) is 5.17. The van der Waals surface area contributed by atoms with Crippen molar-refractivity contribution in [3.63, 3.8) is 0 Å². The minimum Gasteiger partial charge on any atom is -0.455 e. The molecule has 0 aliphatic carbocycles. The smallest absolute Gasteiger partial charge is 0.273 e. The standard InChI is InChI=1S/C22H20F2N2O2/c1-3-20(27)26-14-15-12-16-6-5-11-25-21(16)19(13-15)28-18-9-7-17(8-10-18)22(23,24)4-2/h3,5-13H,1,4,14H2,2H3,(H,26,27). The van der Waals surface area contributed by atoms with Crippen molar-refractivity contribution in [3.8, 4) is 11.5 Å². The van der Waals surface area contributed by atoms with Crippen molar-refractivity contribution >= 4 is 16.8 Å². The number of rotatable bonds is 7. The highest BCUT2D eigenvalue weighted by atomic mass is 19.3. The molecule has 4 nitrogen and oxygen atoms in total. The summed E-state index contributed by atoms with van der Waals surface area (Å²) in [5.74, 6) is -2.23. The van der Waals surface area contributed by atoms with Gasteiger partial charge < -0.3 is 10.1 Å². The zero-order chi connectivity index (χ0) is 20.1. The van der Waals surface area contributed by atoms with Gasteiger partial charge in [-0.2, -0.15) is 0 Å². The molecule has 144 valence electrons. The van der Waals surface area contributed by atoms with E-state index in [9.17, 15) is 13.6 Å². The second-order valence-corrected chi connectivity index (χ2v) is 6.28. The molecule has 1 amide bonds. The maximum atomic E-state index is 13.8. The number of pyridine rings is 1. The van der Waals surface area contributed by atoms with E-state index in [0.29, 0.717) is 23.6 Å². The minimum atomic E-state index is -2.87. The summed E-state index contributed by atoms with van der Waals surface area (Å²) in [7, 11) is 0. The Bertz CT molecular complexity index is 1000. The molecule has 0 aliphatic rings. The summed E-state index contributed by atoms with van der Waals surface area (Å²) in [5, 5.41) is 3.56. The van der Waals surface area contributed by atoms with E-state index < -0.39 is 5.92 Å². The molecule has 0 saturated carbocycles.